The predicted octanol–water partition coefficient (Wildman–Crippen LogP) is 6.45. The van der Waals surface area contributed by atoms with Crippen LogP contribution in [0.15, 0.2) is 59.5 Å². The minimum atomic E-state index is -4.63. The van der Waals surface area contributed by atoms with Crippen molar-refractivity contribution in [1.29, 1.82) is 0 Å². The number of carbonyl (C=O) groups is 1. The van der Waals surface area contributed by atoms with Crippen LogP contribution in [0.3, 0.4) is 0 Å². The molecule has 3 aliphatic rings. The second-order valence-electron chi connectivity index (χ2n) is 12.8. The summed E-state index contributed by atoms with van der Waals surface area (Å²) in [6.07, 6.45) is -4.96. The summed E-state index contributed by atoms with van der Waals surface area (Å²) in [6.45, 7) is 5.09. The van der Waals surface area contributed by atoms with Crippen molar-refractivity contribution in [3.63, 3.8) is 0 Å². The number of piperidine rings is 1. The van der Waals surface area contributed by atoms with Gasteiger partial charge in [0.2, 0.25) is 0 Å². The molecule has 0 unspecified atom stereocenters. The number of benzene rings is 3. The Morgan fingerprint density at radius 3 is 1.54 bits per heavy atom. The summed E-state index contributed by atoms with van der Waals surface area (Å²) in [5.41, 5.74) is -0.711. The van der Waals surface area contributed by atoms with Crippen molar-refractivity contribution in [2.75, 3.05) is 86.4 Å². The molecule has 3 fully saturated rings. The topological polar surface area (TPSA) is 76.2 Å². The lowest BCUT2D eigenvalue weighted by molar-refractivity contribution is -0.138. The van der Waals surface area contributed by atoms with Crippen molar-refractivity contribution in [2.45, 2.75) is 36.5 Å². The summed E-state index contributed by atoms with van der Waals surface area (Å²) in [4.78, 5) is 20.6. The van der Waals surface area contributed by atoms with Gasteiger partial charge in [-0.25, -0.2) is 17.2 Å². The fourth-order valence-corrected chi connectivity index (χ4v) is 7.08. The van der Waals surface area contributed by atoms with Crippen molar-refractivity contribution in [3.05, 3.63) is 82.9 Å². The molecule has 3 aromatic carbocycles. The molecule has 52 heavy (non-hydrogen) atoms. The maximum absolute atomic E-state index is 14.4. The number of sulfone groups is 1. The van der Waals surface area contributed by atoms with Gasteiger partial charge < -0.3 is 24.9 Å². The summed E-state index contributed by atoms with van der Waals surface area (Å²) in [5.74, 6) is -2.10. The number of nitrogens with one attached hydrogen (secondary N) is 1. The third-order valence-corrected chi connectivity index (χ3v) is 10.3. The number of hydrogen-bond donors (Lipinski definition) is 1. The first-order chi connectivity index (χ1) is 24.4. The highest BCUT2D eigenvalue weighted by molar-refractivity contribution is 7.90. The molecule has 284 valence electrons. The number of halogens is 8. The van der Waals surface area contributed by atoms with E-state index in [4.69, 9.17) is 0 Å². The number of rotatable bonds is 5. The van der Waals surface area contributed by atoms with Crippen LogP contribution in [-0.2, 0) is 22.2 Å². The first-order valence-electron chi connectivity index (χ1n) is 16.8. The first-order valence-corrected chi connectivity index (χ1v) is 18.6. The monoisotopic (exact) mass is 761 g/mol. The Kier molecular flexibility index (Phi) is 11.9. The minimum absolute atomic E-state index is 0.0539. The van der Waals surface area contributed by atoms with Gasteiger partial charge in [0.25, 0.3) is 5.91 Å². The number of alkyl halides is 6. The van der Waals surface area contributed by atoms with E-state index in [1.54, 1.807) is 20.8 Å². The molecule has 3 aromatic rings. The van der Waals surface area contributed by atoms with Crippen LogP contribution in [0.25, 0.3) is 0 Å². The molecular formula is C35H39F8N5O3S. The summed E-state index contributed by atoms with van der Waals surface area (Å²) in [5, 5.41) is 3.10. The molecule has 0 atom stereocenters. The van der Waals surface area contributed by atoms with E-state index in [1.807, 2.05) is 0 Å². The normalized spacial score (nSPS) is 17.5. The van der Waals surface area contributed by atoms with Gasteiger partial charge in [0, 0.05) is 77.4 Å². The van der Waals surface area contributed by atoms with Crippen molar-refractivity contribution in [2.24, 2.45) is 0 Å². The molecule has 1 amide bonds. The number of piperazine rings is 2. The van der Waals surface area contributed by atoms with Crippen LogP contribution in [0.1, 0.15) is 40.7 Å². The maximum atomic E-state index is 14.4. The second-order valence-corrected chi connectivity index (χ2v) is 14.9. The number of carbonyl (C=O) groups excluding carboxylic acids is 1. The average Bonchev–Trinajstić information content (AvgIpc) is 3.11. The Labute approximate surface area is 296 Å². The molecule has 6 rings (SSSR count). The molecule has 0 spiro atoms. The van der Waals surface area contributed by atoms with Gasteiger partial charge in [0.15, 0.2) is 9.84 Å². The molecule has 0 aliphatic carbocycles. The number of hydrogen-bond acceptors (Lipinski definition) is 7. The van der Waals surface area contributed by atoms with Gasteiger partial charge in [-0.05, 0) is 73.9 Å². The summed E-state index contributed by atoms with van der Waals surface area (Å²) in [7, 11) is -3.52. The number of amides is 1. The van der Waals surface area contributed by atoms with Crippen LogP contribution in [0, 0.1) is 11.6 Å². The Morgan fingerprint density at radius 1 is 0.615 bits per heavy atom. The van der Waals surface area contributed by atoms with E-state index in [0.29, 0.717) is 49.6 Å². The van der Waals surface area contributed by atoms with Gasteiger partial charge in [-0.3, -0.25) is 4.79 Å². The van der Waals surface area contributed by atoms with Crippen molar-refractivity contribution in [3.8, 4) is 0 Å². The van der Waals surface area contributed by atoms with E-state index < -0.39 is 45.0 Å². The summed E-state index contributed by atoms with van der Waals surface area (Å²) >= 11 is 0. The Morgan fingerprint density at radius 2 is 1.08 bits per heavy atom. The van der Waals surface area contributed by atoms with E-state index in [1.165, 1.54) is 18.2 Å². The smallest absolute Gasteiger partial charge is 0.371 e. The van der Waals surface area contributed by atoms with Gasteiger partial charge in [-0.2, -0.15) is 26.3 Å². The molecule has 0 saturated carbocycles. The van der Waals surface area contributed by atoms with Gasteiger partial charge in [-0.15, -0.1) is 0 Å². The zero-order chi connectivity index (χ0) is 37.8. The third kappa shape index (κ3) is 9.45. The third-order valence-electron chi connectivity index (χ3n) is 9.24. The van der Waals surface area contributed by atoms with Crippen molar-refractivity contribution < 1.29 is 48.3 Å². The highest BCUT2D eigenvalue weighted by atomic mass is 32.2. The summed E-state index contributed by atoms with van der Waals surface area (Å²) in [6, 6.07) is 9.72. The average molecular weight is 762 g/mol. The van der Waals surface area contributed by atoms with E-state index in [2.05, 4.69) is 10.2 Å². The standard InChI is InChI=1S/C24H27F4N3O3S.C11H12F4N2/c1-35(33,34)18-6-8-21(29-9-3-2-4-10-29)19(16-18)23(32)31-13-11-30(12-14-31)22-7-5-17(15-20(22)25)24(26,27)28;12-9-7-8(11(13,14)15)1-2-10(9)17-5-3-16-4-6-17/h5-8,15-16H,2-4,9-14H2,1H3;1-2,7,16H,3-6H2. The van der Waals surface area contributed by atoms with Crippen molar-refractivity contribution >= 4 is 32.8 Å². The van der Waals surface area contributed by atoms with Crippen LogP contribution in [0.2, 0.25) is 0 Å². The van der Waals surface area contributed by atoms with E-state index in [9.17, 15) is 48.3 Å². The van der Waals surface area contributed by atoms with Crippen LogP contribution in [0.5, 0.6) is 0 Å². The quantitative estimate of drug-likeness (QED) is 0.300. The molecule has 8 nitrogen and oxygen atoms in total. The van der Waals surface area contributed by atoms with Crippen LogP contribution in [-0.4, -0.2) is 90.9 Å². The molecule has 3 aliphatic heterocycles. The molecule has 3 saturated heterocycles. The zero-order valence-corrected chi connectivity index (χ0v) is 29.2. The lowest BCUT2D eigenvalue weighted by atomic mass is 10.1. The van der Waals surface area contributed by atoms with Crippen LogP contribution >= 0.6 is 0 Å². The molecule has 17 heteroatoms. The SMILES string of the molecule is CS(=O)(=O)c1ccc(N2CCCCC2)c(C(=O)N2CCN(c3ccc(C(F)(F)F)cc3F)CC2)c1.Fc1cc(C(F)(F)F)ccc1N1CCNCC1. The lowest BCUT2D eigenvalue weighted by Crippen LogP contribution is -2.49. The van der Waals surface area contributed by atoms with Gasteiger partial charge in [0.1, 0.15) is 11.6 Å². The largest absolute Gasteiger partial charge is 0.416 e. The first kappa shape index (κ1) is 39.1. The maximum Gasteiger partial charge on any atom is 0.416 e. The molecule has 3 heterocycles. The fraction of sp³-hybridized carbons (Fsp3) is 0.457. The van der Waals surface area contributed by atoms with E-state index in [-0.39, 0.29) is 48.4 Å². The van der Waals surface area contributed by atoms with Crippen LogP contribution < -0.4 is 20.0 Å². The zero-order valence-electron chi connectivity index (χ0n) is 28.3. The summed E-state index contributed by atoms with van der Waals surface area (Å²) < 4.78 is 128. The Balaban J connectivity index is 0.000000257. The van der Waals surface area contributed by atoms with Crippen molar-refractivity contribution in [1.82, 2.24) is 10.2 Å². The lowest BCUT2D eigenvalue weighted by Gasteiger charge is -2.37. The second kappa shape index (κ2) is 15.9. The number of anilines is 3. The molecule has 1 N–H and O–H groups in total. The number of nitrogens with zero attached hydrogens (tertiary/aromatic N) is 4. The van der Waals surface area contributed by atoms with Gasteiger partial charge >= 0.3 is 12.4 Å². The minimum Gasteiger partial charge on any atom is -0.371 e. The fourth-order valence-electron chi connectivity index (χ4n) is 6.43. The molecule has 0 radical (unpaired) electrons. The molecular weight excluding hydrogens is 722 g/mol. The molecule has 0 bridgehead atoms. The predicted molar refractivity (Wildman–Crippen MR) is 182 cm³/mol. The van der Waals surface area contributed by atoms with Gasteiger partial charge in [0.05, 0.1) is 33.0 Å². The van der Waals surface area contributed by atoms with E-state index in [0.717, 1.165) is 56.8 Å². The van der Waals surface area contributed by atoms with Gasteiger partial charge in [-0.1, -0.05) is 0 Å². The highest BCUT2D eigenvalue weighted by Gasteiger charge is 2.33. The van der Waals surface area contributed by atoms with E-state index >= 15 is 0 Å². The molecule has 0 aromatic heterocycles. The Bertz CT molecular complexity index is 1830. The highest BCUT2D eigenvalue weighted by Crippen LogP contribution is 2.34. The van der Waals surface area contributed by atoms with Crippen LogP contribution in [0.4, 0.5) is 52.2 Å². The Hall–Kier alpha value is -4.12.